The highest BCUT2D eigenvalue weighted by Gasteiger charge is 2.19. The number of ether oxygens (including phenoxy) is 1. The van der Waals surface area contributed by atoms with Crippen molar-refractivity contribution in [1.82, 2.24) is 9.78 Å². The lowest BCUT2D eigenvalue weighted by atomic mass is 9.99. The van der Waals surface area contributed by atoms with Crippen LogP contribution >= 0.6 is 0 Å². The van der Waals surface area contributed by atoms with Gasteiger partial charge in [0.05, 0.1) is 19.0 Å². The molecule has 0 bridgehead atoms. The molecule has 5 nitrogen and oxygen atoms in total. The van der Waals surface area contributed by atoms with Crippen LogP contribution in [0.5, 0.6) is 5.75 Å². The zero-order chi connectivity index (χ0) is 14.2. The smallest absolute Gasteiger partial charge is 0.339 e. The van der Waals surface area contributed by atoms with Crippen LogP contribution in [0.25, 0.3) is 11.3 Å². The quantitative estimate of drug-likeness (QED) is 0.920. The first-order valence-electron chi connectivity index (χ1n) is 5.86. The van der Waals surface area contributed by atoms with Crippen LogP contribution in [0.4, 0.5) is 0 Å². The lowest BCUT2D eigenvalue weighted by molar-refractivity contribution is 0.0697. The van der Waals surface area contributed by atoms with E-state index in [-0.39, 0.29) is 5.56 Å². The number of carbonyl (C=O) groups is 1. The van der Waals surface area contributed by atoms with Gasteiger partial charge >= 0.3 is 5.97 Å². The molecule has 0 aliphatic rings. The van der Waals surface area contributed by atoms with Gasteiger partial charge in [-0.1, -0.05) is 0 Å². The summed E-state index contributed by atoms with van der Waals surface area (Å²) in [5.74, 6) is -0.184. The van der Waals surface area contributed by atoms with Crippen molar-refractivity contribution in [1.29, 1.82) is 0 Å². The molecule has 1 aromatic heterocycles. The first kappa shape index (κ1) is 13.1. The number of hydrogen-bond donors (Lipinski definition) is 1. The third-order valence-electron chi connectivity index (χ3n) is 3.17. The van der Waals surface area contributed by atoms with E-state index in [0.29, 0.717) is 5.69 Å². The Morgan fingerprint density at radius 2 is 2.00 bits per heavy atom. The lowest BCUT2D eigenvalue weighted by Crippen LogP contribution is -2.02. The van der Waals surface area contributed by atoms with Gasteiger partial charge in [-0.25, -0.2) is 4.79 Å². The summed E-state index contributed by atoms with van der Waals surface area (Å²) in [4.78, 5) is 11.2. The van der Waals surface area contributed by atoms with Gasteiger partial charge in [-0.05, 0) is 37.1 Å². The Kier molecular flexibility index (Phi) is 3.29. The molecule has 1 heterocycles. The van der Waals surface area contributed by atoms with E-state index in [1.54, 1.807) is 18.8 Å². The maximum Gasteiger partial charge on any atom is 0.339 e. The Labute approximate surface area is 111 Å². The van der Waals surface area contributed by atoms with E-state index in [0.717, 1.165) is 22.4 Å². The SMILES string of the molecule is COc1cc(C)c(-c2c(C(=O)O)cnn2C)cc1C. The summed E-state index contributed by atoms with van der Waals surface area (Å²) in [5.41, 5.74) is 3.58. The molecule has 5 heteroatoms. The minimum Gasteiger partial charge on any atom is -0.496 e. The maximum absolute atomic E-state index is 11.2. The number of methoxy groups -OCH3 is 1. The van der Waals surface area contributed by atoms with E-state index in [4.69, 9.17) is 4.74 Å². The van der Waals surface area contributed by atoms with Crippen LogP contribution in [0, 0.1) is 13.8 Å². The average Bonchev–Trinajstić information content (AvgIpc) is 2.73. The Bertz CT molecular complexity index is 644. The Balaban J connectivity index is 2.69. The van der Waals surface area contributed by atoms with Gasteiger partial charge in [-0.3, -0.25) is 4.68 Å². The molecule has 0 spiro atoms. The molecule has 100 valence electrons. The van der Waals surface area contributed by atoms with Gasteiger partial charge in [0.15, 0.2) is 0 Å². The third-order valence-corrected chi connectivity index (χ3v) is 3.17. The molecule has 2 rings (SSSR count). The predicted molar refractivity (Wildman–Crippen MR) is 71.6 cm³/mol. The van der Waals surface area contributed by atoms with Crippen molar-refractivity contribution in [2.24, 2.45) is 7.05 Å². The van der Waals surface area contributed by atoms with Crippen molar-refractivity contribution in [2.45, 2.75) is 13.8 Å². The molecule has 0 unspecified atom stereocenters. The zero-order valence-corrected chi connectivity index (χ0v) is 11.4. The number of rotatable bonds is 3. The highest BCUT2D eigenvalue weighted by atomic mass is 16.5. The molecule has 1 aromatic carbocycles. The number of carboxylic acids is 1. The van der Waals surface area contributed by atoms with Gasteiger partial charge in [0, 0.05) is 12.6 Å². The first-order valence-corrected chi connectivity index (χ1v) is 5.86. The molecule has 0 aliphatic heterocycles. The van der Waals surface area contributed by atoms with Crippen LogP contribution < -0.4 is 4.74 Å². The maximum atomic E-state index is 11.2. The van der Waals surface area contributed by atoms with E-state index >= 15 is 0 Å². The summed E-state index contributed by atoms with van der Waals surface area (Å²) in [6, 6.07) is 3.83. The summed E-state index contributed by atoms with van der Waals surface area (Å²) in [5, 5.41) is 13.3. The largest absolute Gasteiger partial charge is 0.496 e. The van der Waals surface area contributed by atoms with Crippen LogP contribution in [-0.4, -0.2) is 28.0 Å². The van der Waals surface area contributed by atoms with Crippen LogP contribution in [0.2, 0.25) is 0 Å². The van der Waals surface area contributed by atoms with Crippen molar-refractivity contribution >= 4 is 5.97 Å². The summed E-state index contributed by atoms with van der Waals surface area (Å²) in [7, 11) is 3.36. The molecule has 0 aliphatic carbocycles. The Morgan fingerprint density at radius 1 is 1.32 bits per heavy atom. The second kappa shape index (κ2) is 4.76. The topological polar surface area (TPSA) is 64.3 Å². The summed E-state index contributed by atoms with van der Waals surface area (Å²) >= 11 is 0. The van der Waals surface area contributed by atoms with Crippen LogP contribution in [0.3, 0.4) is 0 Å². The molecular weight excluding hydrogens is 244 g/mol. The number of nitrogens with zero attached hydrogens (tertiary/aromatic N) is 2. The standard InChI is InChI=1S/C14H16N2O3/c1-8-6-12(19-4)9(2)5-10(8)13-11(14(17)18)7-15-16(13)3/h5-7H,1-4H3,(H,17,18). The van der Waals surface area contributed by atoms with E-state index in [1.807, 2.05) is 26.0 Å². The number of aryl methyl sites for hydroxylation is 3. The monoisotopic (exact) mass is 260 g/mol. The van der Waals surface area contributed by atoms with E-state index in [9.17, 15) is 9.90 Å². The highest BCUT2D eigenvalue weighted by molar-refractivity contribution is 5.95. The van der Waals surface area contributed by atoms with Crippen molar-refractivity contribution in [2.75, 3.05) is 7.11 Å². The minimum absolute atomic E-state index is 0.204. The summed E-state index contributed by atoms with van der Waals surface area (Å²) in [6.07, 6.45) is 1.37. The van der Waals surface area contributed by atoms with Crippen LogP contribution in [-0.2, 0) is 7.05 Å². The molecule has 0 fully saturated rings. The van der Waals surface area contributed by atoms with Gasteiger partial charge in [0.1, 0.15) is 11.3 Å². The van der Waals surface area contributed by atoms with E-state index in [1.165, 1.54) is 6.20 Å². The molecule has 0 saturated heterocycles. The van der Waals surface area contributed by atoms with Gasteiger partial charge in [-0.2, -0.15) is 5.10 Å². The van der Waals surface area contributed by atoms with Crippen molar-refractivity contribution in [3.63, 3.8) is 0 Å². The number of aromatic carboxylic acids is 1. The molecule has 19 heavy (non-hydrogen) atoms. The fourth-order valence-electron chi connectivity index (χ4n) is 2.18. The Morgan fingerprint density at radius 3 is 2.58 bits per heavy atom. The zero-order valence-electron chi connectivity index (χ0n) is 11.4. The molecule has 1 N–H and O–H groups in total. The number of hydrogen-bond acceptors (Lipinski definition) is 3. The van der Waals surface area contributed by atoms with Crippen LogP contribution in [0.1, 0.15) is 21.5 Å². The molecule has 0 atom stereocenters. The van der Waals surface area contributed by atoms with Gasteiger partial charge in [-0.15, -0.1) is 0 Å². The highest BCUT2D eigenvalue weighted by Crippen LogP contribution is 2.31. The van der Waals surface area contributed by atoms with Crippen LogP contribution in [0.15, 0.2) is 18.3 Å². The number of aromatic nitrogens is 2. The first-order chi connectivity index (χ1) is 8.95. The van der Waals surface area contributed by atoms with Gasteiger partial charge in [0.25, 0.3) is 0 Å². The van der Waals surface area contributed by atoms with Crippen molar-refractivity contribution < 1.29 is 14.6 Å². The van der Waals surface area contributed by atoms with Crippen molar-refractivity contribution in [3.05, 3.63) is 35.0 Å². The molecule has 2 aromatic rings. The molecule has 0 amide bonds. The average molecular weight is 260 g/mol. The number of benzene rings is 1. The van der Waals surface area contributed by atoms with Gasteiger partial charge < -0.3 is 9.84 Å². The third kappa shape index (κ3) is 2.19. The van der Waals surface area contributed by atoms with E-state index < -0.39 is 5.97 Å². The van der Waals surface area contributed by atoms with Crippen molar-refractivity contribution in [3.8, 4) is 17.0 Å². The van der Waals surface area contributed by atoms with Gasteiger partial charge in [0.2, 0.25) is 0 Å². The Hall–Kier alpha value is -2.30. The predicted octanol–water partition coefficient (Wildman–Crippen LogP) is 2.41. The second-order valence-corrected chi connectivity index (χ2v) is 4.47. The minimum atomic E-state index is -0.976. The summed E-state index contributed by atoms with van der Waals surface area (Å²) in [6.45, 7) is 3.86. The fourth-order valence-corrected chi connectivity index (χ4v) is 2.18. The lowest BCUT2D eigenvalue weighted by Gasteiger charge is -2.12. The normalized spacial score (nSPS) is 10.5. The molecule has 0 saturated carbocycles. The number of carboxylic acid groups (broad SMARTS) is 1. The van der Waals surface area contributed by atoms with E-state index in [2.05, 4.69) is 5.10 Å². The second-order valence-electron chi connectivity index (χ2n) is 4.47. The summed E-state index contributed by atoms with van der Waals surface area (Å²) < 4.78 is 6.85. The fraction of sp³-hybridized carbons (Fsp3) is 0.286. The molecular formula is C14H16N2O3. The molecule has 0 radical (unpaired) electrons.